The summed E-state index contributed by atoms with van der Waals surface area (Å²) in [6.45, 7) is 1.89. The fourth-order valence-electron chi connectivity index (χ4n) is 3.54. The summed E-state index contributed by atoms with van der Waals surface area (Å²) in [7, 11) is -2.52. The Labute approximate surface area is 208 Å². The van der Waals surface area contributed by atoms with Crippen LogP contribution in [-0.4, -0.2) is 20.5 Å². The summed E-state index contributed by atoms with van der Waals surface area (Å²) in [5, 5.41) is 0.123. The minimum Gasteiger partial charge on any atom is -0.497 e. The molecule has 0 amide bonds. The third-order valence-corrected chi connectivity index (χ3v) is 7.82. The van der Waals surface area contributed by atoms with Crippen LogP contribution in [-0.2, 0) is 16.3 Å². The number of ether oxygens (including phenoxy) is 1. The molecule has 4 rings (SSSR count). The molecule has 9 heteroatoms. The van der Waals surface area contributed by atoms with Crippen LogP contribution in [0.5, 0.6) is 5.75 Å². The van der Waals surface area contributed by atoms with Crippen molar-refractivity contribution >= 4 is 33.0 Å². The van der Waals surface area contributed by atoms with Crippen LogP contribution in [0.1, 0.15) is 22.9 Å². The van der Waals surface area contributed by atoms with Crippen molar-refractivity contribution in [1.29, 1.82) is 0 Å². The van der Waals surface area contributed by atoms with Crippen molar-refractivity contribution in [2.45, 2.75) is 29.3 Å². The minimum atomic E-state index is -4.10. The maximum absolute atomic E-state index is 13.6. The van der Waals surface area contributed by atoms with Gasteiger partial charge in [0.25, 0.3) is 0 Å². The molecule has 1 atom stereocenters. The lowest BCUT2D eigenvalue weighted by Crippen LogP contribution is -2.16. The Morgan fingerprint density at radius 3 is 2.38 bits per heavy atom. The number of sulfone groups is 1. The molecule has 176 valence electrons. The van der Waals surface area contributed by atoms with Gasteiger partial charge in [-0.05, 0) is 60.9 Å². The van der Waals surface area contributed by atoms with Gasteiger partial charge in [0.05, 0.1) is 28.1 Å². The van der Waals surface area contributed by atoms with Crippen molar-refractivity contribution in [3.63, 3.8) is 0 Å². The molecule has 0 radical (unpaired) electrons. The molecule has 6 nitrogen and oxygen atoms in total. The maximum atomic E-state index is 13.6. The quantitative estimate of drug-likeness (QED) is 0.321. The highest BCUT2D eigenvalue weighted by Gasteiger charge is 2.32. The third kappa shape index (κ3) is 4.83. The average Bonchev–Trinajstić information content (AvgIpc) is 3.28. The van der Waals surface area contributed by atoms with E-state index >= 15 is 0 Å². The number of benzene rings is 3. The Morgan fingerprint density at radius 2 is 1.74 bits per heavy atom. The Bertz CT molecular complexity index is 1430. The van der Waals surface area contributed by atoms with Crippen LogP contribution in [0.3, 0.4) is 0 Å². The molecule has 3 aromatic carbocycles. The third-order valence-electron chi connectivity index (χ3n) is 5.40. The first-order valence-electron chi connectivity index (χ1n) is 10.4. The van der Waals surface area contributed by atoms with Crippen LogP contribution >= 0.6 is 23.2 Å². The number of rotatable bonds is 7. The van der Waals surface area contributed by atoms with E-state index in [4.69, 9.17) is 38.1 Å². The van der Waals surface area contributed by atoms with E-state index in [0.29, 0.717) is 17.7 Å². The van der Waals surface area contributed by atoms with Gasteiger partial charge in [-0.1, -0.05) is 53.5 Å². The zero-order valence-corrected chi connectivity index (χ0v) is 20.8. The Morgan fingerprint density at radius 1 is 1.03 bits per heavy atom. The molecule has 0 aliphatic heterocycles. The van der Waals surface area contributed by atoms with Gasteiger partial charge >= 0.3 is 0 Å². The molecular formula is C25H22Cl2N2O4S. The molecule has 0 aliphatic rings. The smallest absolute Gasteiger partial charge is 0.227 e. The Kier molecular flexibility index (Phi) is 7.00. The molecule has 0 aliphatic carbocycles. The summed E-state index contributed by atoms with van der Waals surface area (Å²) in [6, 6.07) is 18.1. The molecule has 1 unspecified atom stereocenters. The summed E-state index contributed by atoms with van der Waals surface area (Å²) in [4.78, 5) is 4.35. The number of aryl methyl sites for hydroxylation is 1. The first-order valence-corrected chi connectivity index (χ1v) is 12.6. The highest BCUT2D eigenvalue weighted by Crippen LogP contribution is 2.35. The number of oxazole rings is 1. The van der Waals surface area contributed by atoms with Crippen molar-refractivity contribution < 1.29 is 17.6 Å². The molecule has 0 fully saturated rings. The topological polar surface area (TPSA) is 95.4 Å². The van der Waals surface area contributed by atoms with E-state index in [9.17, 15) is 8.42 Å². The molecule has 1 aromatic heterocycles. The van der Waals surface area contributed by atoms with Crippen LogP contribution in [0, 0.1) is 6.92 Å². The predicted molar refractivity (Wildman–Crippen MR) is 132 cm³/mol. The molecule has 0 saturated carbocycles. The fraction of sp³-hybridized carbons (Fsp3) is 0.160. The number of methoxy groups -OCH3 is 1. The maximum Gasteiger partial charge on any atom is 0.227 e. The average molecular weight is 517 g/mol. The lowest BCUT2D eigenvalue weighted by Gasteiger charge is -2.12. The second-order valence-electron chi connectivity index (χ2n) is 7.74. The number of halogens is 2. The minimum absolute atomic E-state index is 0.0515. The Balaban J connectivity index is 1.82. The second kappa shape index (κ2) is 9.80. The van der Waals surface area contributed by atoms with Crippen molar-refractivity contribution in [1.82, 2.24) is 4.98 Å². The summed E-state index contributed by atoms with van der Waals surface area (Å²) in [6.07, 6.45) is 0.330. The van der Waals surface area contributed by atoms with Gasteiger partial charge in [-0.2, -0.15) is 4.98 Å². The van der Waals surface area contributed by atoms with Crippen LogP contribution in [0.2, 0.25) is 10.0 Å². The molecule has 0 spiro atoms. The summed E-state index contributed by atoms with van der Waals surface area (Å²) in [5.41, 5.74) is 8.93. The van der Waals surface area contributed by atoms with Gasteiger partial charge in [0.15, 0.2) is 5.76 Å². The Hall–Kier alpha value is -2.84. The standard InChI is InChI=1S/C25H22Cl2N2O4S/c1-15-5-3-4-6-19(15)24-29-25(34(30,31)18-11-12-20(26)21(27)14-18)23(33-24)22(28)13-16-7-9-17(32-2)10-8-16/h3-12,14,22H,13,28H2,1-2H3. The van der Waals surface area contributed by atoms with E-state index in [2.05, 4.69) is 4.98 Å². The highest BCUT2D eigenvalue weighted by molar-refractivity contribution is 7.91. The van der Waals surface area contributed by atoms with Gasteiger partial charge in [0.2, 0.25) is 20.8 Å². The molecule has 1 heterocycles. The zero-order chi connectivity index (χ0) is 24.5. The fourth-order valence-corrected chi connectivity index (χ4v) is 5.30. The molecule has 0 saturated heterocycles. The summed E-state index contributed by atoms with van der Waals surface area (Å²) in [5.74, 6) is 0.957. The van der Waals surface area contributed by atoms with Crippen molar-refractivity contribution in [3.05, 3.63) is 93.7 Å². The normalized spacial score (nSPS) is 12.5. The SMILES string of the molecule is COc1ccc(CC(N)c2oc(-c3ccccc3C)nc2S(=O)(=O)c2ccc(Cl)c(Cl)c2)cc1. The van der Waals surface area contributed by atoms with E-state index in [1.807, 2.05) is 55.5 Å². The number of hydrogen-bond acceptors (Lipinski definition) is 6. The van der Waals surface area contributed by atoms with Gasteiger partial charge in [-0.25, -0.2) is 8.42 Å². The van der Waals surface area contributed by atoms with Crippen LogP contribution in [0.15, 0.2) is 81.1 Å². The van der Waals surface area contributed by atoms with E-state index in [-0.39, 0.29) is 31.6 Å². The highest BCUT2D eigenvalue weighted by atomic mass is 35.5. The first-order chi connectivity index (χ1) is 16.2. The van der Waals surface area contributed by atoms with Crippen molar-refractivity contribution in [3.8, 4) is 17.2 Å². The van der Waals surface area contributed by atoms with E-state index < -0.39 is 15.9 Å². The molecule has 34 heavy (non-hydrogen) atoms. The van der Waals surface area contributed by atoms with E-state index in [0.717, 1.165) is 11.1 Å². The molecule has 4 aromatic rings. The lowest BCUT2D eigenvalue weighted by molar-refractivity contribution is 0.414. The zero-order valence-electron chi connectivity index (χ0n) is 18.5. The van der Waals surface area contributed by atoms with Crippen molar-refractivity contribution in [2.24, 2.45) is 5.73 Å². The van der Waals surface area contributed by atoms with Crippen LogP contribution < -0.4 is 10.5 Å². The largest absolute Gasteiger partial charge is 0.497 e. The second-order valence-corrected chi connectivity index (χ2v) is 10.4. The van der Waals surface area contributed by atoms with E-state index in [1.54, 1.807) is 7.11 Å². The van der Waals surface area contributed by atoms with Gasteiger partial charge in [-0.3, -0.25) is 0 Å². The number of hydrogen-bond donors (Lipinski definition) is 1. The monoisotopic (exact) mass is 516 g/mol. The number of nitrogens with zero attached hydrogens (tertiary/aromatic N) is 1. The van der Waals surface area contributed by atoms with Gasteiger partial charge in [0, 0.05) is 5.56 Å². The van der Waals surface area contributed by atoms with Crippen LogP contribution in [0.25, 0.3) is 11.5 Å². The van der Waals surface area contributed by atoms with Gasteiger partial charge in [0.1, 0.15) is 5.75 Å². The molecule has 0 bridgehead atoms. The molecular weight excluding hydrogens is 495 g/mol. The summed E-state index contributed by atoms with van der Waals surface area (Å²) >= 11 is 12.1. The first kappa shape index (κ1) is 24.3. The lowest BCUT2D eigenvalue weighted by atomic mass is 10.1. The predicted octanol–water partition coefficient (Wildman–Crippen LogP) is 6.04. The van der Waals surface area contributed by atoms with Gasteiger partial charge in [-0.15, -0.1) is 0 Å². The van der Waals surface area contributed by atoms with Crippen LogP contribution in [0.4, 0.5) is 0 Å². The van der Waals surface area contributed by atoms with Crippen molar-refractivity contribution in [2.75, 3.05) is 7.11 Å². The number of aromatic nitrogens is 1. The van der Waals surface area contributed by atoms with E-state index in [1.165, 1.54) is 18.2 Å². The van der Waals surface area contributed by atoms with Gasteiger partial charge < -0.3 is 14.9 Å². The molecule has 2 N–H and O–H groups in total. The number of nitrogens with two attached hydrogens (primary N) is 1. The summed E-state index contributed by atoms with van der Waals surface area (Å²) < 4.78 is 38.4.